The Hall–Kier alpha value is -3.51. The first-order valence-corrected chi connectivity index (χ1v) is 9.08. The van der Waals surface area contributed by atoms with Gasteiger partial charge in [-0.1, -0.05) is 54.6 Å². The zero-order valence-electron chi connectivity index (χ0n) is 15.9. The summed E-state index contributed by atoms with van der Waals surface area (Å²) in [5.74, 6) is -2.23. The number of hydrogen-bond donors (Lipinski definition) is 3. The van der Waals surface area contributed by atoms with Gasteiger partial charge in [0.15, 0.2) is 0 Å². The molecule has 0 saturated heterocycles. The molecule has 0 fully saturated rings. The van der Waals surface area contributed by atoms with Crippen LogP contribution in [0, 0.1) is 5.82 Å². The van der Waals surface area contributed by atoms with Crippen molar-refractivity contribution in [2.24, 2.45) is 0 Å². The second kappa shape index (κ2) is 8.67. The summed E-state index contributed by atoms with van der Waals surface area (Å²) in [5, 5.41) is 15.5. The summed E-state index contributed by atoms with van der Waals surface area (Å²) >= 11 is 0. The van der Waals surface area contributed by atoms with Gasteiger partial charge in [0.05, 0.1) is 6.54 Å². The summed E-state index contributed by atoms with van der Waals surface area (Å²) in [4.78, 5) is 24.0. The monoisotopic (exact) mass is 392 g/mol. The van der Waals surface area contributed by atoms with Crippen LogP contribution in [0.1, 0.15) is 12.5 Å². The van der Waals surface area contributed by atoms with Gasteiger partial charge >= 0.3 is 11.8 Å². The first kappa shape index (κ1) is 20.2. The Morgan fingerprint density at radius 3 is 2.07 bits per heavy atom. The summed E-state index contributed by atoms with van der Waals surface area (Å²) in [6, 6.07) is 22.2. The lowest BCUT2D eigenvalue weighted by molar-refractivity contribution is -0.136. The summed E-state index contributed by atoms with van der Waals surface area (Å²) < 4.78 is 12.9. The van der Waals surface area contributed by atoms with Gasteiger partial charge in [0.1, 0.15) is 11.4 Å². The molecule has 1 unspecified atom stereocenters. The van der Waals surface area contributed by atoms with E-state index in [4.69, 9.17) is 0 Å². The Kier molecular flexibility index (Phi) is 6.04. The molecular formula is C23H21FN2O3. The normalized spacial score (nSPS) is 12.7. The first-order valence-electron chi connectivity index (χ1n) is 9.08. The predicted molar refractivity (Wildman–Crippen MR) is 109 cm³/mol. The largest absolute Gasteiger partial charge is 0.384 e. The van der Waals surface area contributed by atoms with Crippen LogP contribution in [0.3, 0.4) is 0 Å². The van der Waals surface area contributed by atoms with E-state index in [0.29, 0.717) is 11.3 Å². The highest BCUT2D eigenvalue weighted by atomic mass is 19.1. The van der Waals surface area contributed by atoms with E-state index in [0.717, 1.165) is 11.1 Å². The number of halogens is 1. The quantitative estimate of drug-likeness (QED) is 0.582. The zero-order valence-corrected chi connectivity index (χ0v) is 15.9. The van der Waals surface area contributed by atoms with Gasteiger partial charge in [-0.3, -0.25) is 9.59 Å². The van der Waals surface area contributed by atoms with Gasteiger partial charge in [-0.05, 0) is 47.9 Å². The Bertz CT molecular complexity index is 985. The van der Waals surface area contributed by atoms with Gasteiger partial charge < -0.3 is 15.7 Å². The maximum absolute atomic E-state index is 12.9. The minimum absolute atomic E-state index is 0.145. The van der Waals surface area contributed by atoms with Crippen molar-refractivity contribution >= 4 is 17.5 Å². The molecule has 0 bridgehead atoms. The Morgan fingerprint density at radius 1 is 0.862 bits per heavy atom. The molecule has 0 aliphatic heterocycles. The van der Waals surface area contributed by atoms with Crippen LogP contribution in [0.15, 0.2) is 78.9 Å². The summed E-state index contributed by atoms with van der Waals surface area (Å²) in [7, 11) is 0. The zero-order chi connectivity index (χ0) is 20.9. The Labute approximate surface area is 168 Å². The molecule has 3 rings (SSSR count). The van der Waals surface area contributed by atoms with Crippen LogP contribution in [0.4, 0.5) is 10.1 Å². The molecule has 29 heavy (non-hydrogen) atoms. The highest BCUT2D eigenvalue weighted by Crippen LogP contribution is 2.24. The fraction of sp³-hybridized carbons (Fsp3) is 0.130. The summed E-state index contributed by atoms with van der Waals surface area (Å²) in [6.45, 7) is 1.41. The summed E-state index contributed by atoms with van der Waals surface area (Å²) in [5.41, 5.74) is 1.62. The highest BCUT2D eigenvalue weighted by Gasteiger charge is 2.25. The molecule has 0 radical (unpaired) electrons. The number of carbonyl (C=O) groups excluding carboxylic acids is 2. The van der Waals surface area contributed by atoms with Crippen LogP contribution >= 0.6 is 0 Å². The molecule has 3 N–H and O–H groups in total. The maximum atomic E-state index is 12.9. The Morgan fingerprint density at radius 2 is 1.45 bits per heavy atom. The predicted octanol–water partition coefficient (Wildman–Crippen LogP) is 3.46. The minimum atomic E-state index is -1.36. The average molecular weight is 392 g/mol. The topological polar surface area (TPSA) is 78.4 Å². The molecule has 0 aliphatic rings. The molecular weight excluding hydrogens is 371 g/mol. The average Bonchev–Trinajstić information content (AvgIpc) is 2.74. The van der Waals surface area contributed by atoms with Gasteiger partial charge in [0.2, 0.25) is 0 Å². The molecule has 1 atom stereocenters. The molecule has 6 heteroatoms. The van der Waals surface area contributed by atoms with Gasteiger partial charge in [-0.25, -0.2) is 4.39 Å². The number of anilines is 1. The second-order valence-corrected chi connectivity index (χ2v) is 6.86. The van der Waals surface area contributed by atoms with E-state index in [1.54, 1.807) is 19.1 Å². The highest BCUT2D eigenvalue weighted by molar-refractivity contribution is 6.39. The molecule has 2 amide bonds. The van der Waals surface area contributed by atoms with Crippen LogP contribution in [0.2, 0.25) is 0 Å². The van der Waals surface area contributed by atoms with Crippen molar-refractivity contribution in [1.82, 2.24) is 5.32 Å². The number of hydrogen-bond acceptors (Lipinski definition) is 3. The van der Waals surface area contributed by atoms with E-state index in [1.165, 1.54) is 24.3 Å². The van der Waals surface area contributed by atoms with Gasteiger partial charge in [0.25, 0.3) is 0 Å². The number of amides is 2. The van der Waals surface area contributed by atoms with E-state index in [1.807, 2.05) is 42.5 Å². The number of benzene rings is 3. The lowest BCUT2D eigenvalue weighted by Gasteiger charge is -2.24. The van der Waals surface area contributed by atoms with Crippen molar-refractivity contribution < 1.29 is 19.1 Å². The number of rotatable bonds is 5. The van der Waals surface area contributed by atoms with Crippen LogP contribution in [-0.4, -0.2) is 23.5 Å². The van der Waals surface area contributed by atoms with Gasteiger partial charge in [-0.15, -0.1) is 0 Å². The fourth-order valence-corrected chi connectivity index (χ4v) is 2.81. The van der Waals surface area contributed by atoms with E-state index in [-0.39, 0.29) is 6.54 Å². The number of aliphatic hydroxyl groups is 1. The third-order valence-corrected chi connectivity index (χ3v) is 4.52. The van der Waals surface area contributed by atoms with Crippen molar-refractivity contribution in [2.75, 3.05) is 11.9 Å². The van der Waals surface area contributed by atoms with Crippen molar-refractivity contribution in [3.05, 3.63) is 90.2 Å². The third kappa shape index (κ3) is 5.27. The van der Waals surface area contributed by atoms with E-state index in [9.17, 15) is 19.1 Å². The van der Waals surface area contributed by atoms with Gasteiger partial charge in [0, 0.05) is 5.69 Å². The molecule has 0 aromatic heterocycles. The standard InChI is InChI=1S/C23H21FN2O3/c1-23(29,18-9-7-17(8-10-18)16-5-3-2-4-6-16)15-25-21(27)22(28)26-20-13-11-19(24)12-14-20/h2-14,29H,15H2,1H3,(H,25,27)(H,26,28). The number of nitrogens with one attached hydrogen (secondary N) is 2. The smallest absolute Gasteiger partial charge is 0.313 e. The summed E-state index contributed by atoms with van der Waals surface area (Å²) in [6.07, 6.45) is 0. The molecule has 148 valence electrons. The lowest BCUT2D eigenvalue weighted by atomic mass is 9.93. The first-order chi connectivity index (χ1) is 13.8. The Balaban J connectivity index is 1.59. The van der Waals surface area contributed by atoms with Crippen molar-refractivity contribution in [3.8, 4) is 11.1 Å². The van der Waals surface area contributed by atoms with E-state index >= 15 is 0 Å². The molecule has 3 aromatic rings. The minimum Gasteiger partial charge on any atom is -0.384 e. The van der Waals surface area contributed by atoms with Crippen LogP contribution in [-0.2, 0) is 15.2 Å². The van der Waals surface area contributed by atoms with Crippen molar-refractivity contribution in [3.63, 3.8) is 0 Å². The SMILES string of the molecule is CC(O)(CNC(=O)C(=O)Nc1ccc(F)cc1)c1ccc(-c2ccccc2)cc1. The van der Waals surface area contributed by atoms with Crippen LogP contribution in [0.25, 0.3) is 11.1 Å². The molecule has 0 aliphatic carbocycles. The molecule has 5 nitrogen and oxygen atoms in total. The van der Waals surface area contributed by atoms with Gasteiger partial charge in [-0.2, -0.15) is 0 Å². The van der Waals surface area contributed by atoms with E-state index < -0.39 is 23.2 Å². The lowest BCUT2D eigenvalue weighted by Crippen LogP contribution is -2.43. The molecule has 0 spiro atoms. The molecule has 3 aromatic carbocycles. The van der Waals surface area contributed by atoms with Crippen molar-refractivity contribution in [2.45, 2.75) is 12.5 Å². The van der Waals surface area contributed by atoms with Crippen molar-refractivity contribution in [1.29, 1.82) is 0 Å². The third-order valence-electron chi connectivity index (χ3n) is 4.52. The molecule has 0 heterocycles. The van der Waals surface area contributed by atoms with Crippen LogP contribution < -0.4 is 10.6 Å². The molecule has 0 saturated carbocycles. The maximum Gasteiger partial charge on any atom is 0.313 e. The van der Waals surface area contributed by atoms with Crippen LogP contribution in [0.5, 0.6) is 0 Å². The second-order valence-electron chi connectivity index (χ2n) is 6.86. The van der Waals surface area contributed by atoms with E-state index in [2.05, 4.69) is 10.6 Å². The fourth-order valence-electron chi connectivity index (χ4n) is 2.81. The number of carbonyl (C=O) groups is 2.